The third kappa shape index (κ3) is 3.50. The molecule has 1 aliphatic rings. The normalized spacial score (nSPS) is 17.9. The fraction of sp³-hybridized carbons (Fsp3) is 0.467. The number of rotatable bonds is 4. The Morgan fingerprint density at radius 1 is 1.35 bits per heavy atom. The summed E-state index contributed by atoms with van der Waals surface area (Å²) in [5, 5.41) is 14.7. The topological polar surface area (TPSA) is 87.7 Å². The second kappa shape index (κ2) is 5.94. The highest BCUT2D eigenvalue weighted by Gasteiger charge is 2.29. The zero-order valence-electron chi connectivity index (χ0n) is 11.7. The van der Waals surface area contributed by atoms with E-state index in [9.17, 15) is 4.79 Å². The Morgan fingerprint density at radius 2 is 1.95 bits per heavy atom. The first kappa shape index (κ1) is 14.4. The molecule has 108 valence electrons. The summed E-state index contributed by atoms with van der Waals surface area (Å²) >= 11 is 0. The van der Waals surface area contributed by atoms with Crippen molar-refractivity contribution >= 4 is 11.7 Å². The van der Waals surface area contributed by atoms with Crippen LogP contribution in [0.1, 0.15) is 43.7 Å². The number of benzene rings is 1. The number of carbonyl (C=O) groups excluding carboxylic acids is 1. The quantitative estimate of drug-likeness (QED) is 0.339. The van der Waals surface area contributed by atoms with Gasteiger partial charge in [0.1, 0.15) is 0 Å². The van der Waals surface area contributed by atoms with Crippen LogP contribution in [0.4, 0.5) is 0 Å². The minimum atomic E-state index is -0.0367. The van der Waals surface area contributed by atoms with E-state index in [-0.39, 0.29) is 17.3 Å². The van der Waals surface area contributed by atoms with E-state index in [1.807, 2.05) is 12.1 Å². The second-order valence-electron chi connectivity index (χ2n) is 5.67. The van der Waals surface area contributed by atoms with Gasteiger partial charge in [0.05, 0.1) is 6.42 Å². The highest BCUT2D eigenvalue weighted by Crippen LogP contribution is 2.28. The van der Waals surface area contributed by atoms with E-state index in [4.69, 9.17) is 10.9 Å². The van der Waals surface area contributed by atoms with Gasteiger partial charge in [0.15, 0.2) is 5.84 Å². The van der Waals surface area contributed by atoms with Crippen molar-refractivity contribution in [2.24, 2.45) is 10.9 Å². The summed E-state index contributed by atoms with van der Waals surface area (Å²) in [5.41, 5.74) is 7.01. The molecule has 1 aromatic carbocycles. The van der Waals surface area contributed by atoms with E-state index >= 15 is 0 Å². The largest absolute Gasteiger partial charge is 0.409 e. The fourth-order valence-corrected chi connectivity index (χ4v) is 2.70. The van der Waals surface area contributed by atoms with E-state index in [0.29, 0.717) is 12.0 Å². The van der Waals surface area contributed by atoms with Gasteiger partial charge >= 0.3 is 0 Å². The van der Waals surface area contributed by atoms with Gasteiger partial charge in [-0.15, -0.1) is 0 Å². The van der Waals surface area contributed by atoms with E-state index in [1.54, 1.807) is 12.1 Å². The summed E-state index contributed by atoms with van der Waals surface area (Å²) in [6.45, 7) is 2.11. The number of nitrogens with one attached hydrogen (secondary N) is 1. The van der Waals surface area contributed by atoms with Gasteiger partial charge in [-0.3, -0.25) is 4.79 Å². The van der Waals surface area contributed by atoms with Crippen LogP contribution in [0.25, 0.3) is 0 Å². The molecule has 0 bridgehead atoms. The Balaban J connectivity index is 1.94. The number of nitrogens with two attached hydrogens (primary N) is 1. The van der Waals surface area contributed by atoms with Gasteiger partial charge < -0.3 is 16.3 Å². The van der Waals surface area contributed by atoms with Crippen LogP contribution in [-0.2, 0) is 11.2 Å². The molecule has 1 amide bonds. The molecule has 0 heterocycles. The average molecular weight is 275 g/mol. The Hall–Kier alpha value is -2.04. The Labute approximate surface area is 118 Å². The minimum absolute atomic E-state index is 0.0367. The molecule has 0 radical (unpaired) electrons. The van der Waals surface area contributed by atoms with Crippen LogP contribution < -0.4 is 11.1 Å². The number of amides is 1. The van der Waals surface area contributed by atoms with Crippen LogP contribution in [-0.4, -0.2) is 22.5 Å². The predicted molar refractivity (Wildman–Crippen MR) is 77.7 cm³/mol. The molecular formula is C15H21N3O2. The van der Waals surface area contributed by atoms with Gasteiger partial charge in [0.2, 0.25) is 5.91 Å². The molecule has 1 aromatic rings. The van der Waals surface area contributed by atoms with Crippen molar-refractivity contribution < 1.29 is 10.0 Å². The number of hydrogen-bond donors (Lipinski definition) is 3. The van der Waals surface area contributed by atoms with Crippen LogP contribution >= 0.6 is 0 Å². The molecule has 0 saturated heterocycles. The van der Waals surface area contributed by atoms with Gasteiger partial charge in [0, 0.05) is 11.1 Å². The van der Waals surface area contributed by atoms with Crippen molar-refractivity contribution in [2.45, 2.75) is 44.6 Å². The minimum Gasteiger partial charge on any atom is -0.409 e. The molecule has 0 spiro atoms. The smallest absolute Gasteiger partial charge is 0.224 e. The number of amidine groups is 1. The standard InChI is InChI=1S/C15H21N3O2/c1-15(8-2-3-9-15)17-13(19)10-11-4-6-12(7-5-11)14(16)18-20/h4-7,20H,2-3,8-10H2,1H3,(H2,16,18)(H,17,19). The van der Waals surface area contributed by atoms with Crippen molar-refractivity contribution in [1.29, 1.82) is 0 Å². The molecule has 4 N–H and O–H groups in total. The Bertz CT molecular complexity index is 502. The SMILES string of the molecule is CC1(NC(=O)Cc2ccc(C(N)=NO)cc2)CCCC1. The lowest BCUT2D eigenvalue weighted by molar-refractivity contribution is -0.122. The maximum atomic E-state index is 12.0. The summed E-state index contributed by atoms with van der Waals surface area (Å²) in [5.74, 6) is 0.116. The molecule has 0 aliphatic heterocycles. The third-order valence-corrected chi connectivity index (χ3v) is 3.87. The molecule has 1 fully saturated rings. The average Bonchev–Trinajstić information content (AvgIpc) is 2.84. The van der Waals surface area contributed by atoms with E-state index < -0.39 is 0 Å². The summed E-state index contributed by atoms with van der Waals surface area (Å²) < 4.78 is 0. The van der Waals surface area contributed by atoms with E-state index in [1.165, 1.54) is 12.8 Å². The van der Waals surface area contributed by atoms with E-state index in [2.05, 4.69) is 17.4 Å². The zero-order valence-corrected chi connectivity index (χ0v) is 11.7. The van der Waals surface area contributed by atoms with Crippen LogP contribution in [0, 0.1) is 0 Å². The first-order chi connectivity index (χ1) is 9.52. The summed E-state index contributed by atoms with van der Waals surface area (Å²) in [6, 6.07) is 7.14. The van der Waals surface area contributed by atoms with Crippen LogP contribution in [0.3, 0.4) is 0 Å². The lowest BCUT2D eigenvalue weighted by Crippen LogP contribution is -2.44. The van der Waals surface area contributed by atoms with Gasteiger partial charge in [0.25, 0.3) is 0 Å². The maximum absolute atomic E-state index is 12.0. The molecule has 0 atom stereocenters. The highest BCUT2D eigenvalue weighted by molar-refractivity contribution is 5.97. The van der Waals surface area contributed by atoms with Gasteiger partial charge in [-0.2, -0.15) is 0 Å². The first-order valence-electron chi connectivity index (χ1n) is 6.90. The van der Waals surface area contributed by atoms with Gasteiger partial charge in [-0.1, -0.05) is 42.3 Å². The van der Waals surface area contributed by atoms with Crippen LogP contribution in [0.5, 0.6) is 0 Å². The van der Waals surface area contributed by atoms with Crippen molar-refractivity contribution in [1.82, 2.24) is 5.32 Å². The Morgan fingerprint density at radius 3 is 2.50 bits per heavy atom. The van der Waals surface area contributed by atoms with E-state index in [0.717, 1.165) is 18.4 Å². The number of hydrogen-bond acceptors (Lipinski definition) is 3. The molecule has 2 rings (SSSR count). The third-order valence-electron chi connectivity index (χ3n) is 3.87. The van der Waals surface area contributed by atoms with Crippen molar-refractivity contribution in [3.05, 3.63) is 35.4 Å². The lowest BCUT2D eigenvalue weighted by Gasteiger charge is -2.25. The second-order valence-corrected chi connectivity index (χ2v) is 5.67. The molecule has 1 saturated carbocycles. The molecular weight excluding hydrogens is 254 g/mol. The van der Waals surface area contributed by atoms with Gasteiger partial charge in [-0.05, 0) is 25.3 Å². The van der Waals surface area contributed by atoms with Crippen molar-refractivity contribution in [2.75, 3.05) is 0 Å². The monoisotopic (exact) mass is 275 g/mol. The predicted octanol–water partition coefficient (Wildman–Crippen LogP) is 1.77. The maximum Gasteiger partial charge on any atom is 0.224 e. The fourth-order valence-electron chi connectivity index (χ4n) is 2.70. The lowest BCUT2D eigenvalue weighted by atomic mass is 10.00. The molecule has 1 aliphatic carbocycles. The summed E-state index contributed by atoms with van der Waals surface area (Å²) in [4.78, 5) is 12.0. The molecule has 20 heavy (non-hydrogen) atoms. The number of nitrogens with zero attached hydrogens (tertiary/aromatic N) is 1. The zero-order chi connectivity index (χ0) is 14.6. The summed E-state index contributed by atoms with van der Waals surface area (Å²) in [7, 11) is 0. The molecule has 5 heteroatoms. The first-order valence-corrected chi connectivity index (χ1v) is 6.90. The molecule has 0 unspecified atom stereocenters. The summed E-state index contributed by atoms with van der Waals surface area (Å²) in [6.07, 6.45) is 4.84. The number of carbonyl (C=O) groups is 1. The van der Waals surface area contributed by atoms with Crippen molar-refractivity contribution in [3.63, 3.8) is 0 Å². The molecule has 0 aromatic heterocycles. The number of oxime groups is 1. The molecule has 5 nitrogen and oxygen atoms in total. The van der Waals surface area contributed by atoms with Crippen LogP contribution in [0.2, 0.25) is 0 Å². The van der Waals surface area contributed by atoms with Crippen LogP contribution in [0.15, 0.2) is 29.4 Å². The van der Waals surface area contributed by atoms with Gasteiger partial charge in [-0.25, -0.2) is 0 Å². The Kier molecular flexibility index (Phi) is 4.27. The highest BCUT2D eigenvalue weighted by atomic mass is 16.4. The van der Waals surface area contributed by atoms with Crippen molar-refractivity contribution in [3.8, 4) is 0 Å².